The molecular weight excluding hydrogens is 226 g/mol. The van der Waals surface area contributed by atoms with Crippen molar-refractivity contribution in [1.29, 1.82) is 0 Å². The van der Waals surface area contributed by atoms with E-state index >= 15 is 0 Å². The summed E-state index contributed by atoms with van der Waals surface area (Å²) >= 11 is 0. The standard InChI is InChI=1S/C15H17NO2/c1-4-18-15(17)14(16-3)12(2)10-11-13-8-6-5-7-9-13/h5-12,14H,4H2,1-2H3/b11-10+. The average molecular weight is 243 g/mol. The third-order valence-corrected chi connectivity index (χ3v) is 2.56. The summed E-state index contributed by atoms with van der Waals surface area (Å²) in [6.45, 7) is 11.0. The minimum atomic E-state index is -0.759. The second kappa shape index (κ2) is 7.29. The predicted molar refractivity (Wildman–Crippen MR) is 71.7 cm³/mol. The molecule has 0 bridgehead atoms. The second-order valence-electron chi connectivity index (χ2n) is 3.95. The maximum absolute atomic E-state index is 11.6. The molecule has 0 aromatic heterocycles. The largest absolute Gasteiger partial charge is 0.460 e. The Morgan fingerprint density at radius 3 is 2.67 bits per heavy atom. The minimum absolute atomic E-state index is 0.165. The topological polar surface area (TPSA) is 30.7 Å². The van der Waals surface area contributed by atoms with E-state index in [1.54, 1.807) is 6.92 Å². The van der Waals surface area contributed by atoms with Gasteiger partial charge in [-0.05, 0) is 12.5 Å². The van der Waals surface area contributed by atoms with Gasteiger partial charge < -0.3 is 9.58 Å². The normalized spacial score (nSPS) is 13.8. The lowest BCUT2D eigenvalue weighted by Crippen LogP contribution is -2.25. The van der Waals surface area contributed by atoms with Gasteiger partial charge in [0.1, 0.15) is 0 Å². The van der Waals surface area contributed by atoms with Crippen LogP contribution in [0.2, 0.25) is 0 Å². The van der Waals surface area contributed by atoms with Crippen molar-refractivity contribution in [3.63, 3.8) is 0 Å². The number of hydrogen-bond acceptors (Lipinski definition) is 2. The number of carbonyl (C=O) groups excluding carboxylic acids is 1. The molecule has 0 fully saturated rings. The number of carbonyl (C=O) groups is 1. The van der Waals surface area contributed by atoms with Gasteiger partial charge in [-0.15, -0.1) is 0 Å². The van der Waals surface area contributed by atoms with Crippen molar-refractivity contribution in [2.24, 2.45) is 5.92 Å². The van der Waals surface area contributed by atoms with E-state index in [1.165, 1.54) is 0 Å². The van der Waals surface area contributed by atoms with Gasteiger partial charge in [0.05, 0.1) is 12.5 Å². The molecular formula is C15H17NO2. The lowest BCUT2D eigenvalue weighted by molar-refractivity contribution is -0.144. The molecule has 18 heavy (non-hydrogen) atoms. The van der Waals surface area contributed by atoms with Crippen LogP contribution in [0.25, 0.3) is 10.9 Å². The van der Waals surface area contributed by atoms with Gasteiger partial charge in [-0.1, -0.05) is 49.4 Å². The third kappa shape index (κ3) is 4.06. The summed E-state index contributed by atoms with van der Waals surface area (Å²) in [7, 11) is 0. The molecule has 0 aliphatic rings. The van der Waals surface area contributed by atoms with Crippen molar-refractivity contribution in [2.45, 2.75) is 19.9 Å². The van der Waals surface area contributed by atoms with Gasteiger partial charge in [0.2, 0.25) is 0 Å². The van der Waals surface area contributed by atoms with Crippen LogP contribution in [0.15, 0.2) is 36.4 Å². The molecule has 1 aromatic rings. The fourth-order valence-corrected chi connectivity index (χ4v) is 1.54. The number of esters is 1. The van der Waals surface area contributed by atoms with Crippen LogP contribution >= 0.6 is 0 Å². The van der Waals surface area contributed by atoms with Crippen LogP contribution in [-0.4, -0.2) is 18.6 Å². The molecule has 1 aromatic carbocycles. The molecule has 0 aliphatic heterocycles. The van der Waals surface area contributed by atoms with E-state index in [4.69, 9.17) is 11.3 Å². The summed E-state index contributed by atoms with van der Waals surface area (Å²) in [5.74, 6) is -0.612. The van der Waals surface area contributed by atoms with Crippen LogP contribution in [0.5, 0.6) is 0 Å². The van der Waals surface area contributed by atoms with E-state index in [0.717, 1.165) is 5.56 Å². The Kier molecular flexibility index (Phi) is 5.66. The van der Waals surface area contributed by atoms with Gasteiger partial charge in [-0.3, -0.25) is 0 Å². The highest BCUT2D eigenvalue weighted by atomic mass is 16.5. The summed E-state index contributed by atoms with van der Waals surface area (Å²) < 4.78 is 4.88. The molecule has 0 aliphatic carbocycles. The van der Waals surface area contributed by atoms with Crippen LogP contribution < -0.4 is 0 Å². The van der Waals surface area contributed by atoms with Gasteiger partial charge in [0.25, 0.3) is 0 Å². The molecule has 0 radical (unpaired) electrons. The van der Waals surface area contributed by atoms with Gasteiger partial charge in [0, 0.05) is 0 Å². The molecule has 94 valence electrons. The zero-order valence-electron chi connectivity index (χ0n) is 10.7. The highest BCUT2D eigenvalue weighted by molar-refractivity contribution is 5.78. The first-order chi connectivity index (χ1) is 8.69. The van der Waals surface area contributed by atoms with Gasteiger partial charge in [0.15, 0.2) is 0 Å². The lowest BCUT2D eigenvalue weighted by Gasteiger charge is -2.08. The first-order valence-electron chi connectivity index (χ1n) is 5.95. The molecule has 0 N–H and O–H groups in total. The molecule has 0 saturated carbocycles. The Labute approximate surface area is 108 Å². The number of ether oxygens (including phenoxy) is 1. The van der Waals surface area contributed by atoms with Gasteiger partial charge in [-0.2, -0.15) is 0 Å². The van der Waals surface area contributed by atoms with E-state index in [0.29, 0.717) is 6.61 Å². The van der Waals surface area contributed by atoms with Crippen LogP contribution in [-0.2, 0) is 9.53 Å². The van der Waals surface area contributed by atoms with Crippen LogP contribution in [0.1, 0.15) is 19.4 Å². The molecule has 2 unspecified atom stereocenters. The van der Waals surface area contributed by atoms with Crippen molar-refractivity contribution in [1.82, 2.24) is 0 Å². The first kappa shape index (κ1) is 14.0. The van der Waals surface area contributed by atoms with Crippen LogP contribution in [0.4, 0.5) is 0 Å². The summed E-state index contributed by atoms with van der Waals surface area (Å²) in [5, 5.41) is 0. The zero-order chi connectivity index (χ0) is 13.4. The van der Waals surface area contributed by atoms with Crippen molar-refractivity contribution in [3.8, 4) is 0 Å². The van der Waals surface area contributed by atoms with Gasteiger partial charge in [-0.25, -0.2) is 11.4 Å². The number of hydrogen-bond donors (Lipinski definition) is 0. The fraction of sp³-hybridized carbons (Fsp3) is 0.333. The number of benzene rings is 1. The number of rotatable bonds is 5. The predicted octanol–water partition coefficient (Wildman–Crippen LogP) is 3.19. The summed E-state index contributed by atoms with van der Waals surface area (Å²) in [5.41, 5.74) is 1.05. The average Bonchev–Trinajstić information content (AvgIpc) is 2.39. The van der Waals surface area contributed by atoms with Crippen LogP contribution in [0, 0.1) is 12.5 Å². The summed E-state index contributed by atoms with van der Waals surface area (Å²) in [6, 6.07) is 9.02. The van der Waals surface area contributed by atoms with Crippen molar-refractivity contribution >= 4 is 12.0 Å². The van der Waals surface area contributed by atoms with Crippen molar-refractivity contribution in [2.75, 3.05) is 6.61 Å². The molecule has 3 heteroatoms. The quantitative estimate of drug-likeness (QED) is 0.587. The lowest BCUT2D eigenvalue weighted by atomic mass is 10.0. The zero-order valence-corrected chi connectivity index (χ0v) is 10.7. The third-order valence-electron chi connectivity index (χ3n) is 2.56. The molecule has 0 amide bonds. The van der Waals surface area contributed by atoms with E-state index in [-0.39, 0.29) is 5.92 Å². The minimum Gasteiger partial charge on any atom is -0.460 e. The second-order valence-corrected chi connectivity index (χ2v) is 3.95. The maximum atomic E-state index is 11.6. The Balaban J connectivity index is 2.69. The Hall–Kier alpha value is -2.08. The smallest absolute Gasteiger partial charge is 0.390 e. The molecule has 0 saturated heterocycles. The highest BCUT2D eigenvalue weighted by Crippen LogP contribution is 2.13. The summed E-state index contributed by atoms with van der Waals surface area (Å²) in [6.07, 6.45) is 3.79. The van der Waals surface area contributed by atoms with E-state index < -0.39 is 12.0 Å². The van der Waals surface area contributed by atoms with E-state index in [9.17, 15) is 4.79 Å². The van der Waals surface area contributed by atoms with Crippen molar-refractivity contribution < 1.29 is 9.53 Å². The maximum Gasteiger partial charge on any atom is 0.390 e. The molecule has 2 atom stereocenters. The van der Waals surface area contributed by atoms with E-state index in [2.05, 4.69) is 4.85 Å². The monoisotopic (exact) mass is 243 g/mol. The Morgan fingerprint density at radius 1 is 1.44 bits per heavy atom. The fourth-order valence-electron chi connectivity index (χ4n) is 1.54. The van der Waals surface area contributed by atoms with Gasteiger partial charge >= 0.3 is 12.0 Å². The number of nitrogens with zero attached hydrogens (tertiary/aromatic N) is 1. The Bertz CT molecular complexity index is 445. The first-order valence-corrected chi connectivity index (χ1v) is 5.95. The molecule has 1 rings (SSSR count). The SMILES string of the molecule is [C-]#[N+]C(C(=O)OCC)C(C)/C=C/c1ccccc1. The molecule has 3 nitrogen and oxygen atoms in total. The van der Waals surface area contributed by atoms with Crippen LogP contribution in [0.3, 0.4) is 0 Å². The Morgan fingerprint density at radius 2 is 2.11 bits per heavy atom. The van der Waals surface area contributed by atoms with Crippen molar-refractivity contribution in [3.05, 3.63) is 53.4 Å². The molecule has 0 heterocycles. The van der Waals surface area contributed by atoms with E-state index in [1.807, 2.05) is 49.4 Å². The summed E-state index contributed by atoms with van der Waals surface area (Å²) in [4.78, 5) is 14.9. The molecule has 0 spiro atoms. The highest BCUT2D eigenvalue weighted by Gasteiger charge is 2.30.